The number of likely N-dealkylation sites (tertiary alicyclic amines) is 1. The van der Waals surface area contributed by atoms with Gasteiger partial charge in [-0.1, -0.05) is 6.08 Å². The summed E-state index contributed by atoms with van der Waals surface area (Å²) in [5.74, 6) is -2.66. The molecule has 0 radical (unpaired) electrons. The molecule has 2 rings (SSSR count). The Bertz CT molecular complexity index is 644. The summed E-state index contributed by atoms with van der Waals surface area (Å²) >= 11 is 0. The van der Waals surface area contributed by atoms with Gasteiger partial charge in [0.15, 0.2) is 0 Å². The SMILES string of the molecule is CC(=O)N[C@@](C)(NC(=O)C1CCCN(C(=O)C=CC2CCNCC2)C1)C(=O)O. The lowest BCUT2D eigenvalue weighted by Gasteiger charge is -2.34. The number of rotatable bonds is 6. The van der Waals surface area contributed by atoms with Crippen molar-refractivity contribution < 1.29 is 24.3 Å². The smallest absolute Gasteiger partial charge is 0.350 e. The average molecular weight is 394 g/mol. The molecule has 2 aliphatic rings. The van der Waals surface area contributed by atoms with Crippen molar-refractivity contribution >= 4 is 23.7 Å². The molecule has 9 heteroatoms. The number of hydrogen-bond acceptors (Lipinski definition) is 5. The number of amides is 3. The minimum Gasteiger partial charge on any atom is -0.478 e. The molecule has 3 amide bonds. The highest BCUT2D eigenvalue weighted by Gasteiger charge is 2.38. The van der Waals surface area contributed by atoms with Crippen molar-refractivity contribution in [3.05, 3.63) is 12.2 Å². The molecule has 4 N–H and O–H groups in total. The van der Waals surface area contributed by atoms with E-state index in [1.807, 2.05) is 6.08 Å². The molecule has 28 heavy (non-hydrogen) atoms. The van der Waals surface area contributed by atoms with E-state index in [0.717, 1.165) is 25.9 Å². The molecule has 0 aliphatic carbocycles. The Hall–Kier alpha value is -2.42. The van der Waals surface area contributed by atoms with Crippen LogP contribution >= 0.6 is 0 Å². The van der Waals surface area contributed by atoms with E-state index in [1.54, 1.807) is 11.0 Å². The van der Waals surface area contributed by atoms with Crippen molar-refractivity contribution in [1.29, 1.82) is 0 Å². The Morgan fingerprint density at radius 3 is 2.43 bits per heavy atom. The van der Waals surface area contributed by atoms with Crippen LogP contribution in [0.4, 0.5) is 0 Å². The van der Waals surface area contributed by atoms with Crippen LogP contribution in [-0.4, -0.2) is 65.5 Å². The Morgan fingerprint density at radius 2 is 1.82 bits per heavy atom. The lowest BCUT2D eigenvalue weighted by atomic mass is 9.95. The van der Waals surface area contributed by atoms with Gasteiger partial charge in [0.2, 0.25) is 23.4 Å². The highest BCUT2D eigenvalue weighted by molar-refractivity contribution is 5.92. The second-order valence-corrected chi connectivity index (χ2v) is 7.67. The third kappa shape index (κ3) is 6.05. The molecule has 0 saturated carbocycles. The maximum atomic E-state index is 12.6. The standard InChI is InChI=1S/C19H30N4O5/c1-13(24)21-19(2,18(27)28)22-17(26)15-4-3-11-23(12-15)16(25)6-5-14-7-9-20-10-8-14/h5-6,14-15,20H,3-4,7-12H2,1-2H3,(H,21,24)(H,22,26)(H,27,28)/t15?,19-/m0/s1. The van der Waals surface area contributed by atoms with E-state index in [4.69, 9.17) is 0 Å². The molecule has 2 atom stereocenters. The van der Waals surface area contributed by atoms with Crippen LogP contribution in [0.1, 0.15) is 39.5 Å². The van der Waals surface area contributed by atoms with Gasteiger partial charge in [0.25, 0.3) is 0 Å². The first-order chi connectivity index (χ1) is 13.2. The number of carbonyl (C=O) groups excluding carboxylic acids is 3. The van der Waals surface area contributed by atoms with Crippen LogP contribution in [0, 0.1) is 11.8 Å². The van der Waals surface area contributed by atoms with Crippen molar-refractivity contribution in [3.63, 3.8) is 0 Å². The Balaban J connectivity index is 1.94. The number of carboxylic acids is 1. The summed E-state index contributed by atoms with van der Waals surface area (Å²) in [6.07, 6.45) is 6.77. The first kappa shape index (κ1) is 21.9. The fourth-order valence-electron chi connectivity index (χ4n) is 3.59. The third-order valence-corrected chi connectivity index (χ3v) is 5.23. The van der Waals surface area contributed by atoms with E-state index in [9.17, 15) is 24.3 Å². The summed E-state index contributed by atoms with van der Waals surface area (Å²) in [5, 5.41) is 17.3. The fourth-order valence-corrected chi connectivity index (χ4v) is 3.59. The second-order valence-electron chi connectivity index (χ2n) is 7.67. The first-order valence-electron chi connectivity index (χ1n) is 9.73. The van der Waals surface area contributed by atoms with E-state index in [0.29, 0.717) is 25.3 Å². The van der Waals surface area contributed by atoms with Crippen molar-refractivity contribution in [3.8, 4) is 0 Å². The molecular weight excluding hydrogens is 364 g/mol. The van der Waals surface area contributed by atoms with Gasteiger partial charge in [0.1, 0.15) is 0 Å². The number of nitrogens with one attached hydrogen (secondary N) is 3. The van der Waals surface area contributed by atoms with Gasteiger partial charge in [0, 0.05) is 20.0 Å². The van der Waals surface area contributed by atoms with Crippen LogP contribution in [0.5, 0.6) is 0 Å². The molecule has 0 spiro atoms. The van der Waals surface area contributed by atoms with Gasteiger partial charge < -0.3 is 26.0 Å². The molecule has 0 aromatic heterocycles. The maximum Gasteiger partial charge on any atom is 0.350 e. The average Bonchev–Trinajstić information content (AvgIpc) is 2.66. The van der Waals surface area contributed by atoms with Gasteiger partial charge >= 0.3 is 5.97 Å². The van der Waals surface area contributed by atoms with E-state index in [1.165, 1.54) is 13.8 Å². The van der Waals surface area contributed by atoms with Crippen molar-refractivity contribution in [2.24, 2.45) is 11.8 Å². The Kier molecular flexibility index (Phi) is 7.56. The number of nitrogens with zero attached hydrogens (tertiary/aromatic N) is 1. The molecule has 0 aromatic rings. The van der Waals surface area contributed by atoms with E-state index >= 15 is 0 Å². The van der Waals surface area contributed by atoms with Crippen LogP contribution in [0.15, 0.2) is 12.2 Å². The highest BCUT2D eigenvalue weighted by Crippen LogP contribution is 2.19. The molecule has 1 unspecified atom stereocenters. The van der Waals surface area contributed by atoms with Crippen LogP contribution in [0.2, 0.25) is 0 Å². The van der Waals surface area contributed by atoms with Gasteiger partial charge in [-0.25, -0.2) is 4.79 Å². The fraction of sp³-hybridized carbons (Fsp3) is 0.684. The molecule has 0 bridgehead atoms. The second kappa shape index (κ2) is 9.68. The summed E-state index contributed by atoms with van der Waals surface area (Å²) in [6.45, 7) is 5.11. The largest absolute Gasteiger partial charge is 0.478 e. The zero-order chi connectivity index (χ0) is 20.7. The lowest BCUT2D eigenvalue weighted by Crippen LogP contribution is -2.64. The first-order valence-corrected chi connectivity index (χ1v) is 9.73. The van der Waals surface area contributed by atoms with Gasteiger partial charge in [-0.3, -0.25) is 14.4 Å². The zero-order valence-electron chi connectivity index (χ0n) is 16.5. The van der Waals surface area contributed by atoms with Gasteiger partial charge in [-0.05, 0) is 57.7 Å². The highest BCUT2D eigenvalue weighted by atomic mass is 16.4. The van der Waals surface area contributed by atoms with Crippen LogP contribution in [0.3, 0.4) is 0 Å². The number of piperidine rings is 2. The van der Waals surface area contributed by atoms with Crippen LogP contribution in [0.25, 0.3) is 0 Å². The minimum absolute atomic E-state index is 0.126. The predicted octanol–water partition coefficient (Wildman–Crippen LogP) is -0.166. The molecule has 2 heterocycles. The number of aliphatic carboxylic acids is 1. The van der Waals surface area contributed by atoms with E-state index < -0.39 is 29.4 Å². The lowest BCUT2D eigenvalue weighted by molar-refractivity contribution is -0.151. The van der Waals surface area contributed by atoms with E-state index in [2.05, 4.69) is 16.0 Å². The van der Waals surface area contributed by atoms with Crippen molar-refractivity contribution in [2.75, 3.05) is 26.2 Å². The van der Waals surface area contributed by atoms with Gasteiger partial charge in [-0.2, -0.15) is 0 Å². The third-order valence-electron chi connectivity index (χ3n) is 5.23. The molecule has 2 aliphatic heterocycles. The zero-order valence-corrected chi connectivity index (χ0v) is 16.5. The molecule has 156 valence electrons. The number of carboxylic acid groups (broad SMARTS) is 1. The van der Waals surface area contributed by atoms with Crippen LogP contribution < -0.4 is 16.0 Å². The summed E-state index contributed by atoms with van der Waals surface area (Å²) < 4.78 is 0. The maximum absolute atomic E-state index is 12.6. The van der Waals surface area contributed by atoms with Crippen molar-refractivity contribution in [2.45, 2.75) is 45.2 Å². The van der Waals surface area contributed by atoms with Gasteiger partial charge in [0.05, 0.1) is 5.92 Å². The number of carbonyl (C=O) groups is 4. The van der Waals surface area contributed by atoms with Crippen molar-refractivity contribution in [1.82, 2.24) is 20.9 Å². The molecule has 2 fully saturated rings. The van der Waals surface area contributed by atoms with Crippen LogP contribution in [-0.2, 0) is 19.2 Å². The monoisotopic (exact) mass is 394 g/mol. The molecule has 9 nitrogen and oxygen atoms in total. The molecule has 2 saturated heterocycles. The van der Waals surface area contributed by atoms with E-state index in [-0.39, 0.29) is 12.5 Å². The molecule has 0 aromatic carbocycles. The minimum atomic E-state index is -1.88. The summed E-state index contributed by atoms with van der Waals surface area (Å²) in [4.78, 5) is 49.5. The predicted molar refractivity (Wildman–Crippen MR) is 102 cm³/mol. The molecular formula is C19H30N4O5. The number of allylic oxidation sites excluding steroid dienone is 1. The van der Waals surface area contributed by atoms with Gasteiger partial charge in [-0.15, -0.1) is 0 Å². The quantitative estimate of drug-likeness (QED) is 0.366. The number of hydrogen-bond donors (Lipinski definition) is 4. The Morgan fingerprint density at radius 1 is 1.14 bits per heavy atom. The Labute approximate surface area is 164 Å². The summed E-state index contributed by atoms with van der Waals surface area (Å²) in [7, 11) is 0. The summed E-state index contributed by atoms with van der Waals surface area (Å²) in [5.41, 5.74) is -1.88. The summed E-state index contributed by atoms with van der Waals surface area (Å²) in [6, 6.07) is 0. The topological polar surface area (TPSA) is 128 Å². The normalized spacial score (nSPS) is 23.1.